The second kappa shape index (κ2) is 8.31. The molecule has 130 valence electrons. The average molecular weight is 324 g/mol. The molecule has 0 bridgehead atoms. The van der Waals surface area contributed by atoms with Crippen LogP contribution < -0.4 is 0 Å². The van der Waals surface area contributed by atoms with Gasteiger partial charge >= 0.3 is 5.97 Å². The van der Waals surface area contributed by atoms with E-state index in [1.54, 1.807) is 9.80 Å². The van der Waals surface area contributed by atoms with Crippen molar-refractivity contribution in [2.24, 2.45) is 11.8 Å². The molecule has 23 heavy (non-hydrogen) atoms. The molecule has 0 aromatic heterocycles. The third-order valence-corrected chi connectivity index (χ3v) is 5.04. The molecule has 2 fully saturated rings. The van der Waals surface area contributed by atoms with Crippen LogP contribution in [0.1, 0.15) is 51.9 Å². The SMILES string of the molecule is CCC[C@@H]1CN(C(=O)CCN2CCCCCC2=O)C[C@H]1C(=O)O. The fraction of sp³-hybridized carbons (Fsp3) is 0.824. The van der Waals surface area contributed by atoms with Gasteiger partial charge in [0.05, 0.1) is 5.92 Å². The molecule has 1 N–H and O–H groups in total. The molecule has 2 aliphatic heterocycles. The predicted octanol–water partition coefficient (Wildman–Crippen LogP) is 1.74. The van der Waals surface area contributed by atoms with Crippen LogP contribution in [0, 0.1) is 11.8 Å². The molecular formula is C17H28N2O4. The van der Waals surface area contributed by atoms with E-state index < -0.39 is 11.9 Å². The first-order valence-corrected chi connectivity index (χ1v) is 8.81. The lowest BCUT2D eigenvalue weighted by Gasteiger charge is -2.22. The van der Waals surface area contributed by atoms with Crippen LogP contribution in [0.3, 0.4) is 0 Å². The highest BCUT2D eigenvalue weighted by Crippen LogP contribution is 2.28. The molecule has 0 aliphatic carbocycles. The number of nitrogens with zero attached hydrogens (tertiary/aromatic N) is 2. The summed E-state index contributed by atoms with van der Waals surface area (Å²) in [5, 5.41) is 9.32. The van der Waals surface area contributed by atoms with Crippen LogP contribution in [-0.2, 0) is 14.4 Å². The number of hydrogen-bond donors (Lipinski definition) is 1. The molecule has 2 aliphatic rings. The highest BCUT2D eigenvalue weighted by Gasteiger charge is 2.38. The number of carbonyl (C=O) groups is 3. The Morgan fingerprint density at radius 2 is 2.00 bits per heavy atom. The average Bonchev–Trinajstić information content (AvgIpc) is 2.83. The number of carbonyl (C=O) groups excluding carboxylic acids is 2. The first-order chi connectivity index (χ1) is 11.0. The first-order valence-electron chi connectivity index (χ1n) is 8.81. The van der Waals surface area contributed by atoms with Gasteiger partial charge in [-0.15, -0.1) is 0 Å². The Labute approximate surface area is 137 Å². The van der Waals surface area contributed by atoms with E-state index in [-0.39, 0.29) is 17.7 Å². The minimum Gasteiger partial charge on any atom is -0.481 e. The molecular weight excluding hydrogens is 296 g/mol. The maximum absolute atomic E-state index is 12.4. The molecule has 6 nitrogen and oxygen atoms in total. The van der Waals surface area contributed by atoms with E-state index in [1.807, 2.05) is 6.92 Å². The van der Waals surface area contributed by atoms with Gasteiger partial charge in [-0.1, -0.05) is 19.8 Å². The van der Waals surface area contributed by atoms with E-state index in [2.05, 4.69) is 0 Å². The summed E-state index contributed by atoms with van der Waals surface area (Å²) in [4.78, 5) is 39.2. The Balaban J connectivity index is 1.85. The summed E-state index contributed by atoms with van der Waals surface area (Å²) in [5.41, 5.74) is 0. The molecule has 6 heteroatoms. The molecule has 0 aromatic carbocycles. The lowest BCUT2D eigenvalue weighted by molar-refractivity contribution is -0.142. The zero-order valence-electron chi connectivity index (χ0n) is 14.0. The van der Waals surface area contributed by atoms with E-state index >= 15 is 0 Å². The van der Waals surface area contributed by atoms with E-state index in [0.29, 0.717) is 32.5 Å². The molecule has 2 amide bonds. The van der Waals surface area contributed by atoms with Gasteiger partial charge in [-0.2, -0.15) is 0 Å². The van der Waals surface area contributed by atoms with Gasteiger partial charge in [-0.05, 0) is 25.2 Å². The van der Waals surface area contributed by atoms with E-state index in [4.69, 9.17) is 0 Å². The summed E-state index contributed by atoms with van der Waals surface area (Å²) < 4.78 is 0. The van der Waals surface area contributed by atoms with E-state index in [0.717, 1.165) is 38.6 Å². The lowest BCUT2D eigenvalue weighted by atomic mass is 9.92. The summed E-state index contributed by atoms with van der Waals surface area (Å²) in [6.07, 6.45) is 5.66. The lowest BCUT2D eigenvalue weighted by Crippen LogP contribution is -2.36. The number of amides is 2. The smallest absolute Gasteiger partial charge is 0.308 e. The van der Waals surface area contributed by atoms with Crippen molar-refractivity contribution in [1.82, 2.24) is 9.80 Å². The van der Waals surface area contributed by atoms with Crippen molar-refractivity contribution in [2.45, 2.75) is 51.9 Å². The van der Waals surface area contributed by atoms with Gasteiger partial charge in [-0.25, -0.2) is 0 Å². The molecule has 2 atom stereocenters. The van der Waals surface area contributed by atoms with Gasteiger partial charge in [0.1, 0.15) is 0 Å². The Bertz CT molecular complexity index is 452. The highest BCUT2D eigenvalue weighted by atomic mass is 16.4. The van der Waals surface area contributed by atoms with Crippen LogP contribution in [0.4, 0.5) is 0 Å². The fourth-order valence-corrected chi connectivity index (χ4v) is 3.68. The first kappa shape index (κ1) is 17.8. The molecule has 0 spiro atoms. The van der Waals surface area contributed by atoms with Crippen LogP contribution in [0.15, 0.2) is 0 Å². The van der Waals surface area contributed by atoms with Gasteiger partial charge in [0.2, 0.25) is 11.8 Å². The fourth-order valence-electron chi connectivity index (χ4n) is 3.68. The molecule has 0 radical (unpaired) electrons. The molecule has 0 aromatic rings. The third kappa shape index (κ3) is 4.69. The zero-order valence-corrected chi connectivity index (χ0v) is 14.0. The quantitative estimate of drug-likeness (QED) is 0.807. The van der Waals surface area contributed by atoms with Crippen molar-refractivity contribution < 1.29 is 19.5 Å². The molecule has 0 saturated carbocycles. The maximum atomic E-state index is 12.4. The largest absolute Gasteiger partial charge is 0.481 e. The van der Waals surface area contributed by atoms with E-state index in [9.17, 15) is 19.5 Å². The molecule has 2 rings (SSSR count). The summed E-state index contributed by atoms with van der Waals surface area (Å²) in [5.74, 6) is -1.07. The minimum atomic E-state index is -0.804. The maximum Gasteiger partial charge on any atom is 0.308 e. The number of hydrogen-bond acceptors (Lipinski definition) is 3. The van der Waals surface area contributed by atoms with E-state index in [1.165, 1.54) is 0 Å². The number of rotatable bonds is 6. The summed E-state index contributed by atoms with van der Waals surface area (Å²) in [7, 11) is 0. The predicted molar refractivity (Wildman–Crippen MR) is 85.8 cm³/mol. The van der Waals surface area contributed by atoms with Crippen LogP contribution in [0.25, 0.3) is 0 Å². The summed E-state index contributed by atoms with van der Waals surface area (Å²) in [6, 6.07) is 0. The molecule has 0 unspecified atom stereocenters. The van der Waals surface area contributed by atoms with Gasteiger partial charge in [-0.3, -0.25) is 14.4 Å². The van der Waals surface area contributed by atoms with Crippen LogP contribution in [0.2, 0.25) is 0 Å². The summed E-state index contributed by atoms with van der Waals surface area (Å²) >= 11 is 0. The van der Waals surface area contributed by atoms with Gasteiger partial charge in [0.25, 0.3) is 0 Å². The number of carboxylic acid groups (broad SMARTS) is 1. The van der Waals surface area contributed by atoms with Gasteiger partial charge < -0.3 is 14.9 Å². The Morgan fingerprint density at radius 3 is 2.70 bits per heavy atom. The number of aliphatic carboxylic acids is 1. The van der Waals surface area contributed by atoms with Crippen LogP contribution in [-0.4, -0.2) is 58.9 Å². The van der Waals surface area contributed by atoms with Crippen molar-refractivity contribution >= 4 is 17.8 Å². The van der Waals surface area contributed by atoms with Crippen molar-refractivity contribution in [3.8, 4) is 0 Å². The van der Waals surface area contributed by atoms with Gasteiger partial charge in [0.15, 0.2) is 0 Å². The normalized spacial score (nSPS) is 25.5. The standard InChI is InChI=1S/C17H28N2O4/c1-2-6-13-11-19(12-14(13)17(22)23)16(21)8-10-18-9-5-3-4-7-15(18)20/h13-14H,2-12H2,1H3,(H,22,23)/t13-,14-/m1/s1. The Kier molecular flexibility index (Phi) is 6.42. The number of carboxylic acids is 1. The van der Waals surface area contributed by atoms with Crippen molar-refractivity contribution in [1.29, 1.82) is 0 Å². The Morgan fingerprint density at radius 1 is 1.22 bits per heavy atom. The summed E-state index contributed by atoms with van der Waals surface area (Å²) in [6.45, 7) is 4.09. The van der Waals surface area contributed by atoms with Crippen LogP contribution >= 0.6 is 0 Å². The molecule has 2 saturated heterocycles. The highest BCUT2D eigenvalue weighted by molar-refractivity contribution is 5.80. The second-order valence-corrected chi connectivity index (χ2v) is 6.73. The third-order valence-electron chi connectivity index (χ3n) is 5.04. The van der Waals surface area contributed by atoms with Crippen molar-refractivity contribution in [3.63, 3.8) is 0 Å². The topological polar surface area (TPSA) is 77.9 Å². The zero-order chi connectivity index (χ0) is 16.8. The van der Waals surface area contributed by atoms with Gasteiger partial charge in [0, 0.05) is 39.0 Å². The van der Waals surface area contributed by atoms with Crippen molar-refractivity contribution in [2.75, 3.05) is 26.2 Å². The Hall–Kier alpha value is -1.59. The monoisotopic (exact) mass is 324 g/mol. The van der Waals surface area contributed by atoms with Crippen molar-refractivity contribution in [3.05, 3.63) is 0 Å². The van der Waals surface area contributed by atoms with Crippen LogP contribution in [0.5, 0.6) is 0 Å². The number of likely N-dealkylation sites (tertiary alicyclic amines) is 2. The molecule has 2 heterocycles. The second-order valence-electron chi connectivity index (χ2n) is 6.73. The minimum absolute atomic E-state index is 0.0214.